The van der Waals surface area contributed by atoms with Gasteiger partial charge in [-0.15, -0.1) is 0 Å². The Bertz CT molecular complexity index is 510. The van der Waals surface area contributed by atoms with E-state index in [1.165, 1.54) is 26.4 Å². The Hall–Kier alpha value is -1.82. The summed E-state index contributed by atoms with van der Waals surface area (Å²) in [7, 11) is 1.36. The van der Waals surface area contributed by atoms with Crippen LogP contribution in [0.5, 0.6) is 0 Å². The molecule has 0 radical (unpaired) electrons. The molecule has 0 heterocycles. The van der Waals surface area contributed by atoms with Gasteiger partial charge in [0.1, 0.15) is 0 Å². The predicted octanol–water partition coefficient (Wildman–Crippen LogP) is 3.00. The summed E-state index contributed by atoms with van der Waals surface area (Å²) < 4.78 is 4.72. The van der Waals surface area contributed by atoms with Crippen molar-refractivity contribution in [2.24, 2.45) is 5.92 Å². The van der Waals surface area contributed by atoms with Crippen molar-refractivity contribution in [3.05, 3.63) is 34.4 Å². The topological polar surface area (TPSA) is 50.1 Å². The van der Waals surface area contributed by atoms with Crippen molar-refractivity contribution in [2.45, 2.75) is 32.6 Å². The molecule has 94 valence electrons. The minimum atomic E-state index is -0.376. The van der Waals surface area contributed by atoms with Gasteiger partial charge in [0.15, 0.2) is 0 Å². The van der Waals surface area contributed by atoms with Crippen LogP contribution >= 0.6 is 0 Å². The zero-order valence-corrected chi connectivity index (χ0v) is 10.8. The van der Waals surface area contributed by atoms with E-state index in [0.29, 0.717) is 17.0 Å². The van der Waals surface area contributed by atoms with E-state index in [1.807, 2.05) is 13.0 Å². The van der Waals surface area contributed by atoms with E-state index in [1.54, 1.807) is 6.07 Å². The van der Waals surface area contributed by atoms with Crippen molar-refractivity contribution in [3.8, 4) is 6.07 Å². The van der Waals surface area contributed by atoms with Crippen LogP contribution in [0, 0.1) is 24.2 Å². The summed E-state index contributed by atoms with van der Waals surface area (Å²) in [5, 5.41) is 9.19. The normalized spacial score (nSPS) is 14.7. The van der Waals surface area contributed by atoms with Gasteiger partial charge in [-0.05, 0) is 36.5 Å². The Balaban J connectivity index is 2.33. The summed E-state index contributed by atoms with van der Waals surface area (Å²) in [5.74, 6) is 0.333. The lowest BCUT2D eigenvalue weighted by atomic mass is 9.79. The summed E-state index contributed by atoms with van der Waals surface area (Å²) in [5.41, 5.74) is 3.04. The van der Waals surface area contributed by atoms with Gasteiger partial charge in [0.05, 0.1) is 24.3 Å². The molecule has 0 unspecified atom stereocenters. The average molecular weight is 243 g/mol. The quantitative estimate of drug-likeness (QED) is 0.767. The fourth-order valence-corrected chi connectivity index (χ4v) is 2.38. The summed E-state index contributed by atoms with van der Waals surface area (Å²) in [6.07, 6.45) is 4.75. The smallest absolute Gasteiger partial charge is 0.338 e. The predicted molar refractivity (Wildman–Crippen MR) is 68.3 cm³/mol. The lowest BCUT2D eigenvalue weighted by Crippen LogP contribution is -2.15. The zero-order chi connectivity index (χ0) is 13.1. The number of aryl methyl sites for hydroxylation is 1. The van der Waals surface area contributed by atoms with Crippen LogP contribution in [0.3, 0.4) is 0 Å². The van der Waals surface area contributed by atoms with E-state index in [9.17, 15) is 10.1 Å². The third-order valence-corrected chi connectivity index (χ3v) is 3.71. The molecule has 1 fully saturated rings. The number of hydrogen-bond donors (Lipinski definition) is 0. The summed E-state index contributed by atoms with van der Waals surface area (Å²) in [6, 6.07) is 5.81. The molecule has 1 aliphatic carbocycles. The van der Waals surface area contributed by atoms with Crippen LogP contribution in [-0.4, -0.2) is 13.1 Å². The van der Waals surface area contributed by atoms with Gasteiger partial charge in [0.2, 0.25) is 0 Å². The minimum absolute atomic E-state index is 0.376. The highest BCUT2D eigenvalue weighted by Gasteiger charge is 2.21. The molecule has 2 rings (SSSR count). The molecular weight excluding hydrogens is 226 g/mol. The molecule has 0 atom stereocenters. The molecule has 0 aromatic heterocycles. The van der Waals surface area contributed by atoms with Gasteiger partial charge in [-0.3, -0.25) is 0 Å². The standard InChI is InChI=1S/C15H17NO2/c1-10-6-12(7-11-4-3-5-11)13(9-16)8-14(10)15(17)18-2/h6,8,11H,3-5,7H2,1-2H3. The van der Waals surface area contributed by atoms with Crippen molar-refractivity contribution < 1.29 is 9.53 Å². The second-order valence-corrected chi connectivity index (χ2v) is 4.93. The van der Waals surface area contributed by atoms with Gasteiger partial charge in [-0.2, -0.15) is 5.26 Å². The van der Waals surface area contributed by atoms with Crippen LogP contribution < -0.4 is 0 Å². The molecule has 0 amide bonds. The largest absolute Gasteiger partial charge is 0.465 e. The summed E-state index contributed by atoms with van der Waals surface area (Å²) in [6.45, 7) is 1.89. The van der Waals surface area contributed by atoms with Gasteiger partial charge in [0, 0.05) is 0 Å². The van der Waals surface area contributed by atoms with Gasteiger partial charge in [-0.25, -0.2) is 4.79 Å². The van der Waals surface area contributed by atoms with Gasteiger partial charge in [0.25, 0.3) is 0 Å². The van der Waals surface area contributed by atoms with E-state index in [4.69, 9.17) is 4.74 Å². The van der Waals surface area contributed by atoms with Crippen LogP contribution in [0.4, 0.5) is 0 Å². The molecule has 1 aromatic rings. The number of carbonyl (C=O) groups is 1. The number of hydrogen-bond acceptors (Lipinski definition) is 3. The second-order valence-electron chi connectivity index (χ2n) is 4.93. The van der Waals surface area contributed by atoms with Crippen LogP contribution in [0.25, 0.3) is 0 Å². The lowest BCUT2D eigenvalue weighted by molar-refractivity contribution is 0.0600. The van der Waals surface area contributed by atoms with Crippen LogP contribution in [-0.2, 0) is 11.2 Å². The molecule has 0 bridgehead atoms. The number of benzene rings is 1. The zero-order valence-electron chi connectivity index (χ0n) is 10.8. The SMILES string of the molecule is COC(=O)c1cc(C#N)c(CC2CCC2)cc1C. The molecule has 1 aromatic carbocycles. The molecular formula is C15H17NO2. The second kappa shape index (κ2) is 5.22. The monoisotopic (exact) mass is 243 g/mol. The molecule has 0 aliphatic heterocycles. The van der Waals surface area contributed by atoms with Crippen molar-refractivity contribution in [2.75, 3.05) is 7.11 Å². The van der Waals surface area contributed by atoms with E-state index in [0.717, 1.165) is 17.5 Å². The molecule has 18 heavy (non-hydrogen) atoms. The molecule has 0 spiro atoms. The molecule has 1 saturated carbocycles. The van der Waals surface area contributed by atoms with Gasteiger partial charge >= 0.3 is 5.97 Å². The fraction of sp³-hybridized carbons (Fsp3) is 0.467. The third kappa shape index (κ3) is 2.38. The maximum Gasteiger partial charge on any atom is 0.338 e. The van der Waals surface area contributed by atoms with Crippen LogP contribution in [0.15, 0.2) is 12.1 Å². The number of nitriles is 1. The van der Waals surface area contributed by atoms with E-state index >= 15 is 0 Å². The van der Waals surface area contributed by atoms with Crippen molar-refractivity contribution in [1.29, 1.82) is 5.26 Å². The number of esters is 1. The Morgan fingerprint density at radius 3 is 2.72 bits per heavy atom. The first kappa shape index (κ1) is 12.6. The lowest BCUT2D eigenvalue weighted by Gasteiger charge is -2.26. The number of carbonyl (C=O) groups excluding carboxylic acids is 1. The van der Waals surface area contributed by atoms with Crippen molar-refractivity contribution in [3.63, 3.8) is 0 Å². The summed E-state index contributed by atoms with van der Waals surface area (Å²) >= 11 is 0. The van der Waals surface area contributed by atoms with Crippen LogP contribution in [0.2, 0.25) is 0 Å². The van der Waals surface area contributed by atoms with Crippen LogP contribution in [0.1, 0.15) is 46.3 Å². The molecule has 1 aliphatic rings. The summed E-state index contributed by atoms with van der Waals surface area (Å²) in [4.78, 5) is 11.6. The van der Waals surface area contributed by atoms with Gasteiger partial charge < -0.3 is 4.74 Å². The maximum absolute atomic E-state index is 11.6. The first-order valence-electron chi connectivity index (χ1n) is 6.27. The van der Waals surface area contributed by atoms with E-state index < -0.39 is 0 Å². The maximum atomic E-state index is 11.6. The molecule has 0 saturated heterocycles. The fourth-order valence-electron chi connectivity index (χ4n) is 2.38. The van der Waals surface area contributed by atoms with Gasteiger partial charge in [-0.1, -0.05) is 25.3 Å². The van der Waals surface area contributed by atoms with E-state index in [2.05, 4.69) is 6.07 Å². The Morgan fingerprint density at radius 1 is 1.50 bits per heavy atom. The van der Waals surface area contributed by atoms with Crippen molar-refractivity contribution >= 4 is 5.97 Å². The highest BCUT2D eigenvalue weighted by Crippen LogP contribution is 2.31. The molecule has 0 N–H and O–H groups in total. The Labute approximate surface area is 107 Å². The van der Waals surface area contributed by atoms with Crippen molar-refractivity contribution in [1.82, 2.24) is 0 Å². The first-order valence-corrected chi connectivity index (χ1v) is 6.27. The number of methoxy groups -OCH3 is 1. The highest BCUT2D eigenvalue weighted by molar-refractivity contribution is 5.91. The average Bonchev–Trinajstić information content (AvgIpc) is 2.33. The number of ether oxygens (including phenoxy) is 1. The number of rotatable bonds is 3. The Kier molecular flexibility index (Phi) is 3.66. The first-order chi connectivity index (χ1) is 8.65. The third-order valence-electron chi connectivity index (χ3n) is 3.71. The molecule has 3 nitrogen and oxygen atoms in total. The van der Waals surface area contributed by atoms with E-state index in [-0.39, 0.29) is 5.97 Å². The number of nitrogens with zero attached hydrogens (tertiary/aromatic N) is 1. The highest BCUT2D eigenvalue weighted by atomic mass is 16.5. The minimum Gasteiger partial charge on any atom is -0.465 e. The Morgan fingerprint density at radius 2 is 2.22 bits per heavy atom. The molecule has 3 heteroatoms.